The van der Waals surface area contributed by atoms with Gasteiger partial charge in [0, 0.05) is 5.92 Å². The molecule has 20 heavy (non-hydrogen) atoms. The Morgan fingerprint density at radius 1 is 1.25 bits per heavy atom. The number of anilines is 1. The summed E-state index contributed by atoms with van der Waals surface area (Å²) in [5, 5.41) is 14.5. The molecule has 1 aromatic heterocycles. The first-order valence-electron chi connectivity index (χ1n) is 7.09. The average molecular weight is 296 g/mol. The molecule has 7 heteroatoms. The number of amides is 2. The van der Waals surface area contributed by atoms with Gasteiger partial charge in [-0.1, -0.05) is 37.5 Å². The lowest BCUT2D eigenvalue weighted by atomic mass is 9.89. The van der Waals surface area contributed by atoms with Gasteiger partial charge in [0.1, 0.15) is 5.01 Å². The lowest BCUT2D eigenvalue weighted by molar-refractivity contribution is -0.128. The van der Waals surface area contributed by atoms with Gasteiger partial charge < -0.3 is 5.32 Å². The molecule has 1 fully saturated rings. The fourth-order valence-electron chi connectivity index (χ4n) is 2.29. The summed E-state index contributed by atoms with van der Waals surface area (Å²) in [6, 6.07) is 0. The molecule has 0 unspecified atom stereocenters. The molecule has 110 valence electrons. The SMILES string of the molecule is CCc1nnc(NC(=O)CNC(=O)C2CCCCC2)s1. The van der Waals surface area contributed by atoms with Crippen LogP contribution in [0.25, 0.3) is 0 Å². The van der Waals surface area contributed by atoms with Crippen LogP contribution in [0.15, 0.2) is 0 Å². The van der Waals surface area contributed by atoms with Crippen LogP contribution in [-0.4, -0.2) is 28.6 Å². The first-order valence-corrected chi connectivity index (χ1v) is 7.90. The van der Waals surface area contributed by atoms with E-state index in [2.05, 4.69) is 20.8 Å². The lowest BCUT2D eigenvalue weighted by Gasteiger charge is -2.20. The molecule has 0 atom stereocenters. The van der Waals surface area contributed by atoms with Crippen LogP contribution in [0.3, 0.4) is 0 Å². The molecule has 0 aliphatic heterocycles. The van der Waals surface area contributed by atoms with Gasteiger partial charge in [0.2, 0.25) is 16.9 Å². The summed E-state index contributed by atoms with van der Waals surface area (Å²) in [4.78, 5) is 23.6. The Hall–Kier alpha value is -1.50. The van der Waals surface area contributed by atoms with Crippen molar-refractivity contribution >= 4 is 28.3 Å². The van der Waals surface area contributed by atoms with Crippen LogP contribution in [0.2, 0.25) is 0 Å². The van der Waals surface area contributed by atoms with Gasteiger partial charge in [-0.2, -0.15) is 0 Å². The number of carbonyl (C=O) groups is 2. The highest BCUT2D eigenvalue weighted by Gasteiger charge is 2.21. The molecule has 0 radical (unpaired) electrons. The fraction of sp³-hybridized carbons (Fsp3) is 0.692. The van der Waals surface area contributed by atoms with Crippen molar-refractivity contribution in [2.45, 2.75) is 45.4 Å². The van der Waals surface area contributed by atoms with Gasteiger partial charge in [-0.05, 0) is 19.3 Å². The van der Waals surface area contributed by atoms with Crippen molar-refractivity contribution in [1.29, 1.82) is 0 Å². The van der Waals surface area contributed by atoms with E-state index < -0.39 is 0 Å². The Bertz CT molecular complexity index is 469. The summed E-state index contributed by atoms with van der Waals surface area (Å²) in [6.07, 6.45) is 6.09. The molecule has 1 aromatic rings. The van der Waals surface area contributed by atoms with E-state index in [1.807, 2.05) is 6.92 Å². The second-order valence-corrected chi connectivity index (χ2v) is 6.02. The second kappa shape index (κ2) is 7.33. The Morgan fingerprint density at radius 3 is 2.65 bits per heavy atom. The second-order valence-electron chi connectivity index (χ2n) is 4.96. The third-order valence-electron chi connectivity index (χ3n) is 3.41. The number of nitrogens with one attached hydrogen (secondary N) is 2. The zero-order valence-corrected chi connectivity index (χ0v) is 12.5. The first-order chi connectivity index (χ1) is 9.69. The highest BCUT2D eigenvalue weighted by molar-refractivity contribution is 7.15. The number of aryl methyl sites for hydroxylation is 1. The summed E-state index contributed by atoms with van der Waals surface area (Å²) < 4.78 is 0. The van der Waals surface area contributed by atoms with E-state index in [9.17, 15) is 9.59 Å². The number of rotatable bonds is 5. The molecule has 1 aliphatic carbocycles. The topological polar surface area (TPSA) is 84.0 Å². The maximum absolute atomic E-state index is 11.9. The molecule has 0 saturated heterocycles. The summed E-state index contributed by atoms with van der Waals surface area (Å²) >= 11 is 1.36. The molecule has 6 nitrogen and oxygen atoms in total. The first kappa shape index (κ1) is 14.9. The third-order valence-corrected chi connectivity index (χ3v) is 4.40. The Labute approximate surface area is 122 Å². The molecular formula is C13H20N4O2S. The van der Waals surface area contributed by atoms with Crippen LogP contribution in [0.5, 0.6) is 0 Å². The molecule has 0 aromatic carbocycles. The van der Waals surface area contributed by atoms with Crippen LogP contribution in [0.1, 0.15) is 44.0 Å². The molecule has 1 aliphatic rings. The van der Waals surface area contributed by atoms with Crippen molar-refractivity contribution in [3.63, 3.8) is 0 Å². The summed E-state index contributed by atoms with van der Waals surface area (Å²) in [5.41, 5.74) is 0. The van der Waals surface area contributed by atoms with Crippen LogP contribution >= 0.6 is 11.3 Å². The predicted octanol–water partition coefficient (Wildman–Crippen LogP) is 1.74. The van der Waals surface area contributed by atoms with Gasteiger partial charge in [-0.15, -0.1) is 10.2 Å². The van der Waals surface area contributed by atoms with E-state index in [0.29, 0.717) is 5.13 Å². The van der Waals surface area contributed by atoms with Crippen molar-refractivity contribution in [2.75, 3.05) is 11.9 Å². The molecule has 1 heterocycles. The summed E-state index contributed by atoms with van der Waals surface area (Å²) in [7, 11) is 0. The summed E-state index contributed by atoms with van der Waals surface area (Å²) in [5.74, 6) is -0.191. The number of carbonyl (C=O) groups excluding carboxylic acids is 2. The Balaban J connectivity index is 1.72. The van der Waals surface area contributed by atoms with Gasteiger partial charge >= 0.3 is 0 Å². The smallest absolute Gasteiger partial charge is 0.245 e. The minimum absolute atomic E-state index is 0.00360. The van der Waals surface area contributed by atoms with Crippen molar-refractivity contribution in [3.8, 4) is 0 Å². The number of hydrogen-bond donors (Lipinski definition) is 2. The monoisotopic (exact) mass is 296 g/mol. The van der Waals surface area contributed by atoms with Gasteiger partial charge in [0.25, 0.3) is 0 Å². The molecule has 2 amide bonds. The Morgan fingerprint density at radius 2 is 2.00 bits per heavy atom. The van der Waals surface area contributed by atoms with Crippen LogP contribution < -0.4 is 10.6 Å². The van der Waals surface area contributed by atoms with E-state index in [0.717, 1.165) is 37.1 Å². The quantitative estimate of drug-likeness (QED) is 0.866. The predicted molar refractivity (Wildman–Crippen MR) is 77.5 cm³/mol. The molecule has 1 saturated carbocycles. The van der Waals surface area contributed by atoms with Crippen molar-refractivity contribution in [1.82, 2.24) is 15.5 Å². The third kappa shape index (κ3) is 4.26. The summed E-state index contributed by atoms with van der Waals surface area (Å²) in [6.45, 7) is 1.98. The van der Waals surface area contributed by atoms with Gasteiger partial charge in [0.05, 0.1) is 6.54 Å². The minimum Gasteiger partial charge on any atom is -0.347 e. The van der Waals surface area contributed by atoms with Gasteiger partial charge in [-0.25, -0.2) is 0 Å². The van der Waals surface area contributed by atoms with Crippen molar-refractivity contribution in [3.05, 3.63) is 5.01 Å². The van der Waals surface area contributed by atoms with E-state index in [4.69, 9.17) is 0 Å². The van der Waals surface area contributed by atoms with Gasteiger partial charge in [0.15, 0.2) is 0 Å². The normalized spacial score (nSPS) is 15.8. The average Bonchev–Trinajstić information content (AvgIpc) is 2.93. The highest BCUT2D eigenvalue weighted by atomic mass is 32.1. The number of aromatic nitrogens is 2. The maximum atomic E-state index is 11.9. The van der Waals surface area contributed by atoms with Crippen molar-refractivity contribution in [2.24, 2.45) is 5.92 Å². The molecular weight excluding hydrogens is 276 g/mol. The molecule has 2 N–H and O–H groups in total. The zero-order chi connectivity index (χ0) is 14.4. The van der Waals surface area contributed by atoms with E-state index in [1.54, 1.807) is 0 Å². The van der Waals surface area contributed by atoms with Crippen LogP contribution in [0.4, 0.5) is 5.13 Å². The van der Waals surface area contributed by atoms with Crippen LogP contribution in [-0.2, 0) is 16.0 Å². The largest absolute Gasteiger partial charge is 0.347 e. The number of hydrogen-bond acceptors (Lipinski definition) is 5. The molecule has 0 bridgehead atoms. The fourth-order valence-corrected chi connectivity index (χ4v) is 2.98. The lowest BCUT2D eigenvalue weighted by Crippen LogP contribution is -2.37. The van der Waals surface area contributed by atoms with Crippen molar-refractivity contribution < 1.29 is 9.59 Å². The maximum Gasteiger partial charge on any atom is 0.245 e. The van der Waals surface area contributed by atoms with E-state index in [-0.39, 0.29) is 24.3 Å². The zero-order valence-electron chi connectivity index (χ0n) is 11.6. The van der Waals surface area contributed by atoms with Gasteiger partial charge in [-0.3, -0.25) is 14.9 Å². The highest BCUT2D eigenvalue weighted by Crippen LogP contribution is 2.23. The molecule has 2 rings (SSSR count). The minimum atomic E-state index is -0.257. The Kier molecular flexibility index (Phi) is 5.46. The van der Waals surface area contributed by atoms with E-state index in [1.165, 1.54) is 17.8 Å². The molecule has 0 spiro atoms. The number of nitrogens with zero attached hydrogens (tertiary/aromatic N) is 2. The van der Waals surface area contributed by atoms with Crippen LogP contribution in [0, 0.1) is 5.92 Å². The standard InChI is InChI=1S/C13H20N4O2S/c1-2-11-16-17-13(20-11)15-10(18)8-14-12(19)9-6-4-3-5-7-9/h9H,2-8H2,1H3,(H,14,19)(H,15,17,18). The van der Waals surface area contributed by atoms with E-state index >= 15 is 0 Å².